The maximum atomic E-state index is 12.8. The first-order chi connectivity index (χ1) is 15.5. The van der Waals surface area contributed by atoms with E-state index < -0.39 is 0 Å². The smallest absolute Gasteiger partial charge is 0.254 e. The van der Waals surface area contributed by atoms with Crippen molar-refractivity contribution in [3.8, 4) is 0 Å². The van der Waals surface area contributed by atoms with Gasteiger partial charge in [-0.2, -0.15) is 0 Å². The van der Waals surface area contributed by atoms with E-state index in [0.29, 0.717) is 19.6 Å². The van der Waals surface area contributed by atoms with Gasteiger partial charge in [0.15, 0.2) is 5.96 Å². The molecule has 2 N–H and O–H groups in total. The highest BCUT2D eigenvalue weighted by Gasteiger charge is 2.26. The number of nitrogens with one attached hydrogen (secondary N) is 2. The molecule has 3 rings (SSSR count). The highest BCUT2D eigenvalue weighted by Crippen LogP contribution is 2.15. The summed E-state index contributed by atoms with van der Waals surface area (Å²) in [7, 11) is 1.80. The summed E-state index contributed by atoms with van der Waals surface area (Å²) in [4.78, 5) is 21.6. The van der Waals surface area contributed by atoms with Gasteiger partial charge in [0.25, 0.3) is 5.91 Å². The van der Waals surface area contributed by atoms with Crippen molar-refractivity contribution in [3.05, 3.63) is 35.4 Å². The van der Waals surface area contributed by atoms with E-state index in [4.69, 9.17) is 4.74 Å². The van der Waals surface area contributed by atoms with E-state index in [1.807, 2.05) is 43.0 Å². The number of likely N-dealkylation sites (tertiary alicyclic amines) is 1. The van der Waals surface area contributed by atoms with Crippen LogP contribution in [0.5, 0.6) is 0 Å². The number of morpholine rings is 1. The van der Waals surface area contributed by atoms with Gasteiger partial charge >= 0.3 is 0 Å². The van der Waals surface area contributed by atoms with E-state index in [9.17, 15) is 4.79 Å². The first-order valence-corrected chi connectivity index (χ1v) is 12.3. The largest absolute Gasteiger partial charge is 0.372 e. The fraction of sp³-hybridized carbons (Fsp3) is 0.680. The normalized spacial score (nSPS) is 23.0. The molecule has 7 nitrogen and oxygen atoms in total. The Morgan fingerprint density at radius 3 is 2.31 bits per heavy atom. The summed E-state index contributed by atoms with van der Waals surface area (Å²) in [5, 5.41) is 6.79. The number of hydrogen-bond acceptors (Lipinski definition) is 4. The highest BCUT2D eigenvalue weighted by atomic mass is 16.5. The van der Waals surface area contributed by atoms with Gasteiger partial charge in [0.1, 0.15) is 0 Å². The quantitative estimate of drug-likeness (QED) is 0.385. The van der Waals surface area contributed by atoms with Crippen molar-refractivity contribution < 1.29 is 9.53 Å². The van der Waals surface area contributed by atoms with Crippen molar-refractivity contribution in [1.82, 2.24) is 20.4 Å². The monoisotopic (exact) mass is 443 g/mol. The summed E-state index contributed by atoms with van der Waals surface area (Å²) in [5.41, 5.74) is 1.85. The van der Waals surface area contributed by atoms with Crippen LogP contribution in [0, 0.1) is 0 Å². The van der Waals surface area contributed by atoms with E-state index in [1.165, 1.54) is 38.8 Å². The van der Waals surface area contributed by atoms with Crippen molar-refractivity contribution in [2.45, 2.75) is 64.7 Å². The van der Waals surface area contributed by atoms with E-state index in [-0.39, 0.29) is 18.1 Å². The number of hydrogen-bond donors (Lipinski definition) is 2. The Kier molecular flexibility index (Phi) is 9.81. The number of benzene rings is 1. The van der Waals surface area contributed by atoms with Crippen molar-refractivity contribution in [2.24, 2.45) is 4.99 Å². The molecular weight excluding hydrogens is 402 g/mol. The van der Waals surface area contributed by atoms with Gasteiger partial charge in [-0.15, -0.1) is 0 Å². The summed E-state index contributed by atoms with van der Waals surface area (Å²) in [6, 6.07) is 7.86. The summed E-state index contributed by atoms with van der Waals surface area (Å²) in [6.45, 7) is 10.6. The Balaban J connectivity index is 1.39. The molecule has 7 heteroatoms. The lowest BCUT2D eigenvalue weighted by Gasteiger charge is -2.35. The number of nitrogens with zero attached hydrogens (tertiary/aromatic N) is 3. The zero-order valence-corrected chi connectivity index (χ0v) is 20.1. The fourth-order valence-electron chi connectivity index (χ4n) is 4.57. The predicted molar refractivity (Wildman–Crippen MR) is 130 cm³/mol. The predicted octanol–water partition coefficient (Wildman–Crippen LogP) is 2.87. The average molecular weight is 444 g/mol. The van der Waals surface area contributed by atoms with Gasteiger partial charge in [0.05, 0.1) is 12.2 Å². The number of guanidine groups is 1. The second-order valence-corrected chi connectivity index (χ2v) is 9.13. The number of carbonyl (C=O) groups is 1. The molecule has 0 aromatic heterocycles. The van der Waals surface area contributed by atoms with Crippen LogP contribution >= 0.6 is 0 Å². The molecule has 1 aromatic rings. The SMILES string of the molecule is CN=C(NCCCN1CCCCCC1)NCc1ccc(C(=O)N2CC(C)OC(C)C2)cc1. The number of rotatable bonds is 7. The van der Waals surface area contributed by atoms with Crippen molar-refractivity contribution in [2.75, 3.05) is 46.3 Å². The van der Waals surface area contributed by atoms with Crippen LogP contribution in [0.2, 0.25) is 0 Å². The highest BCUT2D eigenvalue weighted by molar-refractivity contribution is 5.94. The van der Waals surface area contributed by atoms with Crippen LogP contribution in [0.15, 0.2) is 29.3 Å². The van der Waals surface area contributed by atoms with E-state index in [2.05, 4.69) is 20.5 Å². The Hall–Kier alpha value is -2.12. The molecule has 0 bridgehead atoms. The molecule has 2 aliphatic rings. The first kappa shape index (κ1) is 24.5. The Labute approximate surface area is 193 Å². The zero-order valence-electron chi connectivity index (χ0n) is 20.1. The van der Waals surface area contributed by atoms with Crippen LogP contribution in [-0.4, -0.2) is 80.2 Å². The maximum Gasteiger partial charge on any atom is 0.254 e. The average Bonchev–Trinajstić information content (AvgIpc) is 3.07. The first-order valence-electron chi connectivity index (χ1n) is 12.3. The zero-order chi connectivity index (χ0) is 22.8. The molecule has 2 heterocycles. The lowest BCUT2D eigenvalue weighted by molar-refractivity contribution is -0.0586. The lowest BCUT2D eigenvalue weighted by Crippen LogP contribution is -2.48. The Morgan fingerprint density at radius 1 is 1.03 bits per heavy atom. The van der Waals surface area contributed by atoms with Gasteiger partial charge in [-0.25, -0.2) is 0 Å². The van der Waals surface area contributed by atoms with Crippen LogP contribution in [0.25, 0.3) is 0 Å². The third-order valence-electron chi connectivity index (χ3n) is 6.23. The van der Waals surface area contributed by atoms with Crippen LogP contribution in [0.3, 0.4) is 0 Å². The standard InChI is InChI=1S/C25H41N5O2/c1-20-18-30(19-21(2)32-20)24(31)23-11-9-22(10-12-23)17-28-25(26-3)27-13-8-16-29-14-6-4-5-7-15-29/h9-12,20-21H,4-8,13-19H2,1-3H3,(H2,26,27,28). The maximum absolute atomic E-state index is 12.8. The molecule has 2 fully saturated rings. The van der Waals surface area contributed by atoms with Crippen molar-refractivity contribution >= 4 is 11.9 Å². The van der Waals surface area contributed by atoms with E-state index in [1.54, 1.807) is 7.05 Å². The van der Waals surface area contributed by atoms with Gasteiger partial charge in [-0.05, 0) is 70.4 Å². The molecule has 32 heavy (non-hydrogen) atoms. The summed E-state index contributed by atoms with van der Waals surface area (Å²) in [6.07, 6.45) is 6.72. The molecular formula is C25H41N5O2. The summed E-state index contributed by atoms with van der Waals surface area (Å²) in [5.74, 6) is 0.894. The molecule has 2 unspecified atom stereocenters. The molecule has 0 radical (unpaired) electrons. The van der Waals surface area contributed by atoms with Gasteiger partial charge in [0.2, 0.25) is 0 Å². The second kappa shape index (κ2) is 12.8. The Bertz CT molecular complexity index is 718. The molecule has 0 aliphatic carbocycles. The van der Waals surface area contributed by atoms with Gasteiger partial charge in [-0.1, -0.05) is 25.0 Å². The third-order valence-corrected chi connectivity index (χ3v) is 6.23. The molecule has 2 atom stereocenters. The molecule has 2 saturated heterocycles. The molecule has 2 aliphatic heterocycles. The molecule has 1 aromatic carbocycles. The minimum absolute atomic E-state index is 0.0772. The summed E-state index contributed by atoms with van der Waals surface area (Å²) >= 11 is 0. The van der Waals surface area contributed by atoms with Crippen molar-refractivity contribution in [3.63, 3.8) is 0 Å². The fourth-order valence-corrected chi connectivity index (χ4v) is 4.57. The number of amides is 1. The van der Waals surface area contributed by atoms with Crippen molar-refractivity contribution in [1.29, 1.82) is 0 Å². The minimum atomic E-state index is 0.0772. The van der Waals surface area contributed by atoms with E-state index >= 15 is 0 Å². The third kappa shape index (κ3) is 7.78. The van der Waals surface area contributed by atoms with Gasteiger partial charge in [-0.3, -0.25) is 9.79 Å². The lowest BCUT2D eigenvalue weighted by atomic mass is 10.1. The van der Waals surface area contributed by atoms with Crippen LogP contribution in [0.4, 0.5) is 0 Å². The topological polar surface area (TPSA) is 69.2 Å². The van der Waals surface area contributed by atoms with Crippen LogP contribution in [-0.2, 0) is 11.3 Å². The molecule has 0 saturated carbocycles. The van der Waals surface area contributed by atoms with Crippen LogP contribution in [0.1, 0.15) is 61.9 Å². The summed E-state index contributed by atoms with van der Waals surface area (Å²) < 4.78 is 5.74. The van der Waals surface area contributed by atoms with Crippen LogP contribution < -0.4 is 10.6 Å². The number of aliphatic imine (C=N–C) groups is 1. The molecule has 178 valence electrons. The second-order valence-electron chi connectivity index (χ2n) is 9.13. The van der Waals surface area contributed by atoms with Gasteiger partial charge in [0, 0.05) is 38.8 Å². The van der Waals surface area contributed by atoms with E-state index in [0.717, 1.165) is 36.6 Å². The number of ether oxygens (including phenoxy) is 1. The molecule has 0 spiro atoms. The Morgan fingerprint density at radius 2 is 1.69 bits per heavy atom. The minimum Gasteiger partial charge on any atom is -0.372 e. The molecule has 1 amide bonds. The number of carbonyl (C=O) groups excluding carboxylic acids is 1. The van der Waals surface area contributed by atoms with Gasteiger partial charge < -0.3 is 25.2 Å².